The van der Waals surface area contributed by atoms with E-state index in [-0.39, 0.29) is 18.6 Å². The van der Waals surface area contributed by atoms with Crippen LogP contribution in [0.1, 0.15) is 57.2 Å². The van der Waals surface area contributed by atoms with E-state index in [1.54, 1.807) is 53.5 Å². The van der Waals surface area contributed by atoms with Gasteiger partial charge in [-0.3, -0.25) is 9.59 Å². The molecule has 2 aromatic carbocycles. The molecule has 1 fully saturated rings. The number of piperidine rings is 1. The summed E-state index contributed by atoms with van der Waals surface area (Å²) in [5.41, 5.74) is 1.80. The number of hydrogen-bond donors (Lipinski definition) is 2. The second kappa shape index (κ2) is 14.3. The predicted molar refractivity (Wildman–Crippen MR) is 153 cm³/mol. The number of nitrogens with one attached hydrogen (secondary N) is 1. The van der Waals surface area contributed by atoms with E-state index in [4.69, 9.17) is 19.5 Å². The van der Waals surface area contributed by atoms with Crippen LogP contribution in [-0.2, 0) is 25.5 Å². The lowest BCUT2D eigenvalue weighted by molar-refractivity contribution is -0.144. The van der Waals surface area contributed by atoms with E-state index in [0.29, 0.717) is 48.5 Å². The first-order valence-corrected chi connectivity index (χ1v) is 13.5. The molecule has 2 N–H and O–H groups in total. The van der Waals surface area contributed by atoms with Crippen LogP contribution < -0.4 is 10.1 Å². The van der Waals surface area contributed by atoms with Crippen LogP contribution in [0.5, 0.6) is 5.75 Å². The van der Waals surface area contributed by atoms with Crippen LogP contribution in [0.2, 0.25) is 0 Å². The van der Waals surface area contributed by atoms with Gasteiger partial charge < -0.3 is 29.5 Å². The molecule has 0 aromatic heterocycles. The Kier molecular flexibility index (Phi) is 10.9. The molecule has 41 heavy (non-hydrogen) atoms. The summed E-state index contributed by atoms with van der Waals surface area (Å²) < 4.78 is 16.5. The molecule has 1 unspecified atom stereocenters. The highest BCUT2D eigenvalue weighted by atomic mass is 16.6. The Hall–Kier alpha value is -4.36. The minimum absolute atomic E-state index is 0.122. The smallest absolute Gasteiger partial charge is 0.410 e. The molecule has 0 aliphatic carbocycles. The van der Waals surface area contributed by atoms with Crippen molar-refractivity contribution in [3.8, 4) is 11.8 Å². The molecule has 10 heteroatoms. The van der Waals surface area contributed by atoms with E-state index in [1.807, 2.05) is 26.8 Å². The monoisotopic (exact) mass is 563 g/mol. The summed E-state index contributed by atoms with van der Waals surface area (Å²) in [6.45, 7) is 7.30. The molecule has 2 aromatic rings. The maximum Gasteiger partial charge on any atom is 0.410 e. The van der Waals surface area contributed by atoms with E-state index in [1.165, 1.54) is 6.92 Å². The standard InChI is InChI=1S/C31H37N3O7/c1-21(35)39-20-29(37)33-28-11-10-27(40-26-12-14-34(15-13-26)30(38)41-31(2,3)4)18-24(28)17-25(36)9-8-22-6-5-7-23(16-22)19-32/h5-11,16,18,25-26,36H,12-15,17,20H2,1-4H3,(H,33,37)/b9-8+. The minimum atomic E-state index is -0.905. The number of likely N-dealkylation sites (tertiary alicyclic amines) is 1. The van der Waals surface area contributed by atoms with Crippen LogP contribution in [0.4, 0.5) is 10.5 Å². The molecular formula is C31H37N3O7. The van der Waals surface area contributed by atoms with Crippen molar-refractivity contribution >= 4 is 29.7 Å². The summed E-state index contributed by atoms with van der Waals surface area (Å²) >= 11 is 0. The zero-order valence-electron chi connectivity index (χ0n) is 23.9. The Morgan fingerprint density at radius 3 is 2.56 bits per heavy atom. The molecule has 10 nitrogen and oxygen atoms in total. The van der Waals surface area contributed by atoms with Gasteiger partial charge in [-0.05, 0) is 62.2 Å². The third-order valence-electron chi connectivity index (χ3n) is 6.11. The highest BCUT2D eigenvalue weighted by molar-refractivity contribution is 5.93. The van der Waals surface area contributed by atoms with E-state index >= 15 is 0 Å². The summed E-state index contributed by atoms with van der Waals surface area (Å²) in [5.74, 6) is -0.516. The molecule has 1 aliphatic heterocycles. The van der Waals surface area contributed by atoms with Crippen LogP contribution >= 0.6 is 0 Å². The van der Waals surface area contributed by atoms with E-state index in [2.05, 4.69) is 11.4 Å². The van der Waals surface area contributed by atoms with Crippen LogP contribution in [0, 0.1) is 11.3 Å². The Labute approximate surface area is 240 Å². The number of nitrogens with zero attached hydrogens (tertiary/aromatic N) is 2. The van der Waals surface area contributed by atoms with Gasteiger partial charge in [0, 0.05) is 45.0 Å². The summed E-state index contributed by atoms with van der Waals surface area (Å²) in [6.07, 6.45) is 3.38. The van der Waals surface area contributed by atoms with Gasteiger partial charge >= 0.3 is 12.1 Å². The first-order chi connectivity index (χ1) is 19.4. The van der Waals surface area contributed by atoms with Gasteiger partial charge in [0.05, 0.1) is 17.7 Å². The molecule has 1 saturated heterocycles. The molecule has 3 rings (SSSR count). The highest BCUT2D eigenvalue weighted by Gasteiger charge is 2.28. The van der Waals surface area contributed by atoms with Crippen molar-refractivity contribution in [2.45, 2.75) is 64.8 Å². The lowest BCUT2D eigenvalue weighted by Gasteiger charge is -2.33. The number of amides is 2. The predicted octanol–water partition coefficient (Wildman–Crippen LogP) is 4.45. The van der Waals surface area contributed by atoms with Gasteiger partial charge in [0.15, 0.2) is 6.61 Å². The lowest BCUT2D eigenvalue weighted by Crippen LogP contribution is -2.44. The quantitative estimate of drug-likeness (QED) is 0.427. The number of carbonyl (C=O) groups excluding carboxylic acids is 3. The number of hydrogen-bond acceptors (Lipinski definition) is 8. The van der Waals surface area contributed by atoms with E-state index in [9.17, 15) is 19.5 Å². The molecule has 2 amide bonds. The SMILES string of the molecule is CC(=O)OCC(=O)Nc1ccc(OC2CCN(C(=O)OC(C)(C)C)CC2)cc1CC(O)/C=C/c1cccc(C#N)c1. The number of ether oxygens (including phenoxy) is 3. The van der Waals surface area contributed by atoms with Crippen molar-refractivity contribution in [3.05, 3.63) is 65.2 Å². The highest BCUT2D eigenvalue weighted by Crippen LogP contribution is 2.27. The number of aliphatic hydroxyl groups excluding tert-OH is 1. The number of nitriles is 1. The fourth-order valence-corrected chi connectivity index (χ4v) is 4.19. The van der Waals surface area contributed by atoms with Crippen molar-refractivity contribution in [1.82, 2.24) is 4.90 Å². The average Bonchev–Trinajstić information content (AvgIpc) is 2.91. The second-order valence-electron chi connectivity index (χ2n) is 10.8. The van der Waals surface area contributed by atoms with Crippen molar-refractivity contribution in [1.29, 1.82) is 5.26 Å². The Bertz CT molecular complexity index is 1300. The number of rotatable bonds is 9. The first kappa shape index (κ1) is 31.2. The Morgan fingerprint density at radius 1 is 1.17 bits per heavy atom. The van der Waals surface area contributed by atoms with Gasteiger partial charge in [-0.15, -0.1) is 0 Å². The molecule has 0 radical (unpaired) electrons. The number of benzene rings is 2. The van der Waals surface area contributed by atoms with Crippen LogP contribution in [0.25, 0.3) is 6.08 Å². The maximum atomic E-state index is 12.4. The van der Waals surface area contributed by atoms with Crippen molar-refractivity contribution in [2.75, 3.05) is 25.0 Å². The van der Waals surface area contributed by atoms with Gasteiger partial charge in [-0.25, -0.2) is 4.79 Å². The van der Waals surface area contributed by atoms with Crippen molar-refractivity contribution in [2.24, 2.45) is 0 Å². The Balaban J connectivity index is 1.70. The molecule has 218 valence electrons. The van der Waals surface area contributed by atoms with Crippen molar-refractivity contribution < 1.29 is 33.7 Å². The maximum absolute atomic E-state index is 12.4. The molecule has 1 aliphatic rings. The minimum Gasteiger partial charge on any atom is -0.490 e. The number of carbonyl (C=O) groups is 3. The first-order valence-electron chi connectivity index (χ1n) is 13.5. The fourth-order valence-electron chi connectivity index (χ4n) is 4.19. The Morgan fingerprint density at radius 2 is 1.90 bits per heavy atom. The number of esters is 1. The molecule has 0 bridgehead atoms. The third-order valence-corrected chi connectivity index (χ3v) is 6.11. The van der Waals surface area contributed by atoms with Gasteiger partial charge in [-0.2, -0.15) is 5.26 Å². The molecule has 1 atom stereocenters. The summed E-state index contributed by atoms with van der Waals surface area (Å²) in [6, 6.07) is 14.3. The van der Waals surface area contributed by atoms with Crippen molar-refractivity contribution in [3.63, 3.8) is 0 Å². The van der Waals surface area contributed by atoms with Crippen LogP contribution in [0.15, 0.2) is 48.5 Å². The lowest BCUT2D eigenvalue weighted by atomic mass is 10.0. The summed E-state index contributed by atoms with van der Waals surface area (Å²) in [4.78, 5) is 37.5. The normalized spacial score (nSPS) is 14.7. The summed E-state index contributed by atoms with van der Waals surface area (Å²) in [5, 5.41) is 22.6. The third kappa shape index (κ3) is 10.6. The molecular weight excluding hydrogens is 526 g/mol. The fraction of sp³-hybridized carbons (Fsp3) is 0.419. The van der Waals surface area contributed by atoms with Gasteiger partial charge in [0.1, 0.15) is 17.5 Å². The molecule has 0 spiro atoms. The van der Waals surface area contributed by atoms with Gasteiger partial charge in [0.2, 0.25) is 0 Å². The largest absolute Gasteiger partial charge is 0.490 e. The van der Waals surface area contributed by atoms with Gasteiger partial charge in [0.25, 0.3) is 5.91 Å². The number of anilines is 1. The van der Waals surface area contributed by atoms with Crippen LogP contribution in [0.3, 0.4) is 0 Å². The van der Waals surface area contributed by atoms with Crippen LogP contribution in [-0.4, -0.2) is 65.5 Å². The molecule has 0 saturated carbocycles. The van der Waals surface area contributed by atoms with Gasteiger partial charge in [-0.1, -0.05) is 24.3 Å². The second-order valence-corrected chi connectivity index (χ2v) is 10.8. The zero-order valence-corrected chi connectivity index (χ0v) is 23.9. The average molecular weight is 564 g/mol. The topological polar surface area (TPSA) is 138 Å². The zero-order chi connectivity index (χ0) is 30.0. The number of aliphatic hydroxyl groups is 1. The molecule has 1 heterocycles. The summed E-state index contributed by atoms with van der Waals surface area (Å²) in [7, 11) is 0. The van der Waals surface area contributed by atoms with E-state index < -0.39 is 30.2 Å². The van der Waals surface area contributed by atoms with E-state index in [0.717, 1.165) is 5.56 Å².